The van der Waals surface area contributed by atoms with E-state index in [0.29, 0.717) is 5.92 Å². The third-order valence-corrected chi connectivity index (χ3v) is 12.8. The third kappa shape index (κ3) is 7.42. The zero-order valence-corrected chi connectivity index (χ0v) is 33.9. The predicted molar refractivity (Wildman–Crippen MR) is 240 cm³/mol. The Bertz CT molecular complexity index is 2640. The number of unbranched alkanes of at least 4 members (excludes halogenated alkanes) is 3. The Balaban J connectivity index is 1.31. The molecule has 0 N–H and O–H groups in total. The highest BCUT2D eigenvalue weighted by molar-refractivity contribution is 7.79. The molecule has 2 heterocycles. The van der Waals surface area contributed by atoms with Gasteiger partial charge in [-0.15, -0.1) is 0 Å². The number of aryl methyl sites for hydroxylation is 2. The lowest BCUT2D eigenvalue weighted by atomic mass is 9.81. The highest BCUT2D eigenvalue weighted by atomic mass is 32.1. The summed E-state index contributed by atoms with van der Waals surface area (Å²) in [6.07, 6.45) is 18.8. The van der Waals surface area contributed by atoms with Gasteiger partial charge in [-0.3, -0.25) is 0 Å². The summed E-state index contributed by atoms with van der Waals surface area (Å²) < 4.78 is 11.2. The molecule has 1 fully saturated rings. The van der Waals surface area contributed by atoms with E-state index >= 15 is 0 Å². The first-order valence-electron chi connectivity index (χ1n) is 20.8. The predicted octanol–water partition coefficient (Wildman–Crippen LogP) is 12.0. The van der Waals surface area contributed by atoms with Crippen LogP contribution in [0.2, 0.25) is 0 Å². The molecule has 4 heteroatoms. The van der Waals surface area contributed by atoms with E-state index in [-0.39, 0.29) is 0 Å². The first-order chi connectivity index (χ1) is 27.1. The molecule has 3 nitrogen and oxygen atoms in total. The van der Waals surface area contributed by atoms with Gasteiger partial charge in [-0.2, -0.15) is 0 Å². The number of allylic oxidation sites excluding steroid dienone is 4. The van der Waals surface area contributed by atoms with Crippen LogP contribution in [0.25, 0.3) is 55.5 Å². The minimum absolute atomic E-state index is 0.440. The normalized spacial score (nSPS) is 18.1. The number of benzene rings is 5. The molecule has 0 spiro atoms. The van der Waals surface area contributed by atoms with Crippen LogP contribution in [0.4, 0.5) is 0 Å². The van der Waals surface area contributed by atoms with Crippen LogP contribution < -0.4 is 15.4 Å². The molecule has 5 aromatic carbocycles. The van der Waals surface area contributed by atoms with Crippen LogP contribution in [0.15, 0.2) is 125 Å². The van der Waals surface area contributed by atoms with Gasteiger partial charge in [-0.05, 0) is 85.2 Å². The minimum atomic E-state index is 0.440. The lowest BCUT2D eigenvalue weighted by molar-refractivity contribution is 0.309. The molecule has 280 valence electrons. The van der Waals surface area contributed by atoms with Crippen LogP contribution in [0.5, 0.6) is 5.75 Å². The van der Waals surface area contributed by atoms with Crippen LogP contribution in [0.1, 0.15) is 79.1 Å². The van der Waals surface area contributed by atoms with Crippen molar-refractivity contribution in [2.45, 2.75) is 97.0 Å². The monoisotopic (exact) mass is 743 g/mol. The van der Waals surface area contributed by atoms with Gasteiger partial charge in [0.15, 0.2) is 0 Å². The number of rotatable bonds is 13. The van der Waals surface area contributed by atoms with Gasteiger partial charge in [0.1, 0.15) is 5.75 Å². The maximum absolute atomic E-state index is 6.05. The molecule has 1 unspecified atom stereocenters. The Labute approximate surface area is 330 Å². The Kier molecular flexibility index (Phi) is 11.3. The first-order valence-corrected chi connectivity index (χ1v) is 21.6. The second kappa shape index (κ2) is 16.8. The number of ether oxygens (including phenoxy) is 1. The smallest absolute Gasteiger partial charge is 0.238 e. The quantitative estimate of drug-likeness (QED) is 0.0498. The van der Waals surface area contributed by atoms with Gasteiger partial charge in [-0.1, -0.05) is 120 Å². The molecule has 0 radical (unpaired) electrons. The summed E-state index contributed by atoms with van der Waals surface area (Å²) in [5.74, 6) is 1.39. The van der Waals surface area contributed by atoms with Crippen molar-refractivity contribution in [1.82, 2.24) is 9.13 Å². The molecule has 1 aliphatic rings. The van der Waals surface area contributed by atoms with Crippen LogP contribution in [0.3, 0.4) is 0 Å². The van der Waals surface area contributed by atoms with Gasteiger partial charge in [0.05, 0.1) is 6.61 Å². The lowest BCUT2D eigenvalue weighted by Crippen LogP contribution is -2.22. The molecule has 55 heavy (non-hydrogen) atoms. The number of hydrogen-bond acceptors (Lipinski definition) is 1. The molecular formula is C51H55N2OS+. The average Bonchev–Trinajstić information content (AvgIpc) is 3.69. The molecular weight excluding hydrogens is 689 g/mol. The Hall–Kier alpha value is -4.93. The molecule has 0 bridgehead atoms. The highest BCUT2D eigenvalue weighted by Gasteiger charge is 2.31. The average molecular weight is 744 g/mol. The fraction of sp³-hybridized carbons (Fsp3) is 0.314. The number of aromatic nitrogens is 2. The van der Waals surface area contributed by atoms with Crippen molar-refractivity contribution in [3.63, 3.8) is 0 Å². The molecule has 0 aliphatic heterocycles. The van der Waals surface area contributed by atoms with E-state index in [1.54, 1.807) is 0 Å². The van der Waals surface area contributed by atoms with E-state index < -0.39 is 0 Å². The maximum Gasteiger partial charge on any atom is 0.238 e. The lowest BCUT2D eigenvalue weighted by Gasteiger charge is -2.21. The van der Waals surface area contributed by atoms with E-state index in [2.05, 4.69) is 158 Å². The van der Waals surface area contributed by atoms with Crippen LogP contribution in [0, 0.1) is 5.92 Å². The van der Waals surface area contributed by atoms with E-state index in [1.807, 2.05) is 11.4 Å². The van der Waals surface area contributed by atoms with Gasteiger partial charge in [0.25, 0.3) is 0 Å². The van der Waals surface area contributed by atoms with Crippen LogP contribution in [-0.2, 0) is 24.4 Å². The second-order valence-electron chi connectivity index (χ2n) is 15.3. The van der Waals surface area contributed by atoms with Crippen molar-refractivity contribution < 1.29 is 4.74 Å². The van der Waals surface area contributed by atoms with Gasteiger partial charge in [0, 0.05) is 79.6 Å². The van der Waals surface area contributed by atoms with E-state index in [1.165, 1.54) is 87.8 Å². The largest absolute Gasteiger partial charge is 0.494 e. The second-order valence-corrected chi connectivity index (χ2v) is 16.4. The van der Waals surface area contributed by atoms with Crippen molar-refractivity contribution in [3.8, 4) is 5.75 Å². The topological polar surface area (TPSA) is 19.1 Å². The van der Waals surface area contributed by atoms with Crippen molar-refractivity contribution in [2.24, 2.45) is 5.92 Å². The highest BCUT2D eigenvalue weighted by Crippen LogP contribution is 2.33. The van der Waals surface area contributed by atoms with Crippen LogP contribution >= 0.6 is 0 Å². The molecule has 0 saturated heterocycles. The molecule has 8 rings (SSSR count). The van der Waals surface area contributed by atoms with Gasteiger partial charge >= 0.3 is 0 Å². The summed E-state index contributed by atoms with van der Waals surface area (Å²) in [7, 11) is 0. The van der Waals surface area contributed by atoms with Crippen molar-refractivity contribution >= 4 is 71.7 Å². The molecule has 7 aromatic rings. The Morgan fingerprint density at radius 3 is 1.75 bits per heavy atom. The number of nitrogens with zero attached hydrogens (tertiary/aromatic N) is 2. The van der Waals surface area contributed by atoms with E-state index in [9.17, 15) is 0 Å². The Morgan fingerprint density at radius 1 is 0.636 bits per heavy atom. The van der Waals surface area contributed by atoms with E-state index in [4.69, 9.17) is 4.74 Å². The molecule has 1 saturated carbocycles. The van der Waals surface area contributed by atoms with E-state index in [0.717, 1.165) is 64.0 Å². The number of hydrogen-bond donors (Lipinski definition) is 0. The van der Waals surface area contributed by atoms with Gasteiger partial charge < -0.3 is 13.9 Å². The Morgan fingerprint density at radius 2 is 1.18 bits per heavy atom. The summed E-state index contributed by atoms with van der Waals surface area (Å²) in [5, 5.41) is 10.7. The fourth-order valence-electron chi connectivity index (χ4n) is 8.52. The van der Waals surface area contributed by atoms with Gasteiger partial charge in [0.2, 0.25) is 21.1 Å². The molecule has 1 aliphatic carbocycles. The molecule has 1 atom stereocenters. The van der Waals surface area contributed by atoms with Crippen LogP contribution in [-0.4, -0.2) is 20.6 Å². The standard InChI is InChI=1S/C51H55N2OS/c1-5-8-33-52-45(43-19-11-15-37-17-13-21-47(52)49(37)43)31-25-39-24-23-36(4)42(51(39)55-41-28-26-40(27-29-41)54-35-10-7-3)30-32-46-44-20-12-16-38-18-14-22-48(50(38)44)53(46)34-9-6-2/h11-22,25-32,36H,5-10,23-24,33-35H2,1-4H3/q+1/b39-25+,42-30+,45-31+,46-32+. The van der Waals surface area contributed by atoms with Crippen molar-refractivity contribution in [1.29, 1.82) is 0 Å². The molecule has 0 amide bonds. The maximum atomic E-state index is 6.05. The summed E-state index contributed by atoms with van der Waals surface area (Å²) in [4.78, 5) is 2.63. The SMILES string of the molecule is CCCCOc1ccc([S+]=C2/C(=C/C=c3\c4cccc5cccc(c54)n3CCCC)CCC(C)/C2=C\C=c2/c3cccc4cccc(c43)n2CCCC)cc1. The third-order valence-electron chi connectivity index (χ3n) is 11.6. The fourth-order valence-corrected chi connectivity index (χ4v) is 9.72. The van der Waals surface area contributed by atoms with Crippen molar-refractivity contribution in [2.75, 3.05) is 6.61 Å². The minimum Gasteiger partial charge on any atom is -0.494 e. The zero-order chi connectivity index (χ0) is 37.7. The molecule has 2 aromatic heterocycles. The first kappa shape index (κ1) is 37.0. The summed E-state index contributed by atoms with van der Waals surface area (Å²) >= 11 is 1.92. The summed E-state index contributed by atoms with van der Waals surface area (Å²) in [6.45, 7) is 12.0. The van der Waals surface area contributed by atoms with Gasteiger partial charge in [-0.25, -0.2) is 0 Å². The summed E-state index contributed by atoms with van der Waals surface area (Å²) in [6, 6.07) is 35.9. The zero-order valence-electron chi connectivity index (χ0n) is 33.1. The van der Waals surface area contributed by atoms with Crippen molar-refractivity contribution in [3.05, 3.63) is 131 Å². The summed E-state index contributed by atoms with van der Waals surface area (Å²) in [5.41, 5.74) is 5.53.